The van der Waals surface area contributed by atoms with Gasteiger partial charge in [0.2, 0.25) is 0 Å². The lowest BCUT2D eigenvalue weighted by Gasteiger charge is -2.17. The molecule has 0 spiro atoms. The number of hydrogen-bond acceptors (Lipinski definition) is 3. The van der Waals surface area contributed by atoms with Gasteiger partial charge in [-0.1, -0.05) is 6.07 Å². The Morgan fingerprint density at radius 3 is 3.12 bits per heavy atom. The first kappa shape index (κ1) is 9.27. The normalized spacial score (nSPS) is 14.2. The summed E-state index contributed by atoms with van der Waals surface area (Å²) >= 11 is 0. The number of anilines is 1. The van der Waals surface area contributed by atoms with E-state index in [-0.39, 0.29) is 0 Å². The molecule has 1 aliphatic heterocycles. The fraction of sp³-hybridized carbons (Fsp3) is 0.250. The zero-order valence-electron chi connectivity index (χ0n) is 8.86. The van der Waals surface area contributed by atoms with Crippen molar-refractivity contribution in [2.75, 3.05) is 12.3 Å². The predicted molar refractivity (Wildman–Crippen MR) is 62.3 cm³/mol. The maximum absolute atomic E-state index is 5.80. The number of hydrogen-bond donors (Lipinski definition) is 2. The number of nitrogens with two attached hydrogens (primary N) is 1. The molecule has 1 aromatic carbocycles. The number of rotatable bonds is 1. The van der Waals surface area contributed by atoms with Gasteiger partial charge in [-0.25, -0.2) is 0 Å². The molecule has 16 heavy (non-hydrogen) atoms. The zero-order chi connectivity index (χ0) is 11.0. The summed E-state index contributed by atoms with van der Waals surface area (Å²) in [4.78, 5) is 0. The molecule has 1 aromatic heterocycles. The summed E-state index contributed by atoms with van der Waals surface area (Å²) in [5.41, 5.74) is 9.10. The van der Waals surface area contributed by atoms with Crippen molar-refractivity contribution >= 4 is 5.82 Å². The minimum atomic E-state index is 0.608. The summed E-state index contributed by atoms with van der Waals surface area (Å²) in [6.45, 7) is 0.820. The van der Waals surface area contributed by atoms with E-state index in [0.717, 1.165) is 36.3 Å². The monoisotopic (exact) mass is 215 g/mol. The summed E-state index contributed by atoms with van der Waals surface area (Å²) < 4.78 is 5.57. The van der Waals surface area contributed by atoms with Crippen LogP contribution in [-0.4, -0.2) is 16.8 Å². The van der Waals surface area contributed by atoms with E-state index in [1.807, 2.05) is 12.1 Å². The van der Waals surface area contributed by atoms with Gasteiger partial charge in [0.25, 0.3) is 0 Å². The third kappa shape index (κ3) is 1.43. The average Bonchev–Trinajstić information content (AvgIpc) is 2.75. The van der Waals surface area contributed by atoms with E-state index >= 15 is 0 Å². The molecule has 3 N–H and O–H groups in total. The third-order valence-corrected chi connectivity index (χ3v) is 2.89. The molecule has 0 saturated carbocycles. The van der Waals surface area contributed by atoms with Gasteiger partial charge in [-0.2, -0.15) is 5.10 Å². The molecule has 3 rings (SSSR count). The second-order valence-electron chi connectivity index (χ2n) is 3.97. The molecule has 82 valence electrons. The maximum atomic E-state index is 5.80. The fourth-order valence-corrected chi connectivity index (χ4v) is 2.05. The first-order chi connectivity index (χ1) is 7.84. The van der Waals surface area contributed by atoms with Crippen LogP contribution in [-0.2, 0) is 6.42 Å². The van der Waals surface area contributed by atoms with Crippen molar-refractivity contribution in [3.05, 3.63) is 30.0 Å². The number of H-pyrrole nitrogens is 1. The SMILES string of the molecule is Nc1[nH]ncc1-c1ccc2c(c1)CCCO2. The van der Waals surface area contributed by atoms with Crippen LogP contribution in [0.5, 0.6) is 5.75 Å². The van der Waals surface area contributed by atoms with Crippen LogP contribution >= 0.6 is 0 Å². The first-order valence-corrected chi connectivity index (χ1v) is 5.39. The number of nitrogens with one attached hydrogen (secondary N) is 1. The highest BCUT2D eigenvalue weighted by Crippen LogP contribution is 2.31. The third-order valence-electron chi connectivity index (χ3n) is 2.89. The minimum absolute atomic E-state index is 0.608. The number of nitrogens with zero attached hydrogens (tertiary/aromatic N) is 1. The van der Waals surface area contributed by atoms with Crippen LogP contribution < -0.4 is 10.5 Å². The van der Waals surface area contributed by atoms with Crippen LogP contribution in [0.1, 0.15) is 12.0 Å². The van der Waals surface area contributed by atoms with Gasteiger partial charge in [0.05, 0.1) is 12.8 Å². The smallest absolute Gasteiger partial charge is 0.126 e. The van der Waals surface area contributed by atoms with E-state index in [0.29, 0.717) is 5.82 Å². The Hall–Kier alpha value is -1.97. The van der Waals surface area contributed by atoms with E-state index in [1.165, 1.54) is 5.56 Å². The van der Waals surface area contributed by atoms with E-state index < -0.39 is 0 Å². The molecule has 0 unspecified atom stereocenters. The lowest BCUT2D eigenvalue weighted by atomic mass is 10.0. The van der Waals surface area contributed by atoms with Crippen molar-refractivity contribution in [3.63, 3.8) is 0 Å². The molecular weight excluding hydrogens is 202 g/mol. The van der Waals surface area contributed by atoms with Gasteiger partial charge in [0.15, 0.2) is 0 Å². The van der Waals surface area contributed by atoms with Crippen molar-refractivity contribution in [1.29, 1.82) is 0 Å². The van der Waals surface area contributed by atoms with Crippen LogP contribution in [0.3, 0.4) is 0 Å². The number of ether oxygens (including phenoxy) is 1. The van der Waals surface area contributed by atoms with Gasteiger partial charge in [0.1, 0.15) is 11.6 Å². The van der Waals surface area contributed by atoms with Gasteiger partial charge >= 0.3 is 0 Å². The van der Waals surface area contributed by atoms with Crippen molar-refractivity contribution in [2.45, 2.75) is 12.8 Å². The maximum Gasteiger partial charge on any atom is 0.126 e. The van der Waals surface area contributed by atoms with Crippen molar-refractivity contribution in [1.82, 2.24) is 10.2 Å². The van der Waals surface area contributed by atoms with Crippen LogP contribution in [0.4, 0.5) is 5.82 Å². The Balaban J connectivity index is 2.06. The van der Waals surface area contributed by atoms with Crippen LogP contribution in [0.15, 0.2) is 24.4 Å². The lowest BCUT2D eigenvalue weighted by molar-refractivity contribution is 0.288. The Labute approximate surface area is 93.4 Å². The summed E-state index contributed by atoms with van der Waals surface area (Å²) in [6, 6.07) is 6.16. The molecule has 0 radical (unpaired) electrons. The molecule has 1 aliphatic rings. The lowest BCUT2D eigenvalue weighted by Crippen LogP contribution is -2.08. The molecule has 0 fully saturated rings. The van der Waals surface area contributed by atoms with E-state index in [4.69, 9.17) is 10.5 Å². The second kappa shape index (κ2) is 3.56. The highest BCUT2D eigenvalue weighted by Gasteiger charge is 2.12. The Morgan fingerprint density at radius 1 is 1.38 bits per heavy atom. The van der Waals surface area contributed by atoms with Gasteiger partial charge in [0, 0.05) is 5.56 Å². The number of benzene rings is 1. The number of fused-ring (bicyclic) bond motifs is 1. The quantitative estimate of drug-likeness (QED) is 0.764. The standard InChI is InChI=1S/C12H13N3O/c13-12-10(7-14-15-12)8-3-4-11-9(6-8)2-1-5-16-11/h3-4,6-7H,1-2,5H2,(H3,13,14,15). The Bertz CT molecular complexity index is 519. The Morgan fingerprint density at radius 2 is 2.31 bits per heavy atom. The highest BCUT2D eigenvalue weighted by atomic mass is 16.5. The van der Waals surface area contributed by atoms with Crippen molar-refractivity contribution in [3.8, 4) is 16.9 Å². The molecule has 2 aromatic rings. The molecule has 0 aliphatic carbocycles. The minimum Gasteiger partial charge on any atom is -0.493 e. The number of aromatic amines is 1. The van der Waals surface area contributed by atoms with E-state index in [1.54, 1.807) is 6.20 Å². The predicted octanol–water partition coefficient (Wildman–Crippen LogP) is 1.98. The number of aromatic nitrogens is 2. The fourth-order valence-electron chi connectivity index (χ4n) is 2.05. The Kier molecular flexibility index (Phi) is 2.06. The van der Waals surface area contributed by atoms with Crippen molar-refractivity contribution in [2.24, 2.45) is 0 Å². The molecular formula is C12H13N3O. The average molecular weight is 215 g/mol. The molecule has 0 atom stereocenters. The van der Waals surface area contributed by atoms with Crippen LogP contribution in [0.2, 0.25) is 0 Å². The van der Waals surface area contributed by atoms with Crippen molar-refractivity contribution < 1.29 is 4.74 Å². The van der Waals surface area contributed by atoms with E-state index in [2.05, 4.69) is 16.3 Å². The van der Waals surface area contributed by atoms with E-state index in [9.17, 15) is 0 Å². The molecule has 0 amide bonds. The number of nitrogen functional groups attached to an aromatic ring is 1. The first-order valence-electron chi connectivity index (χ1n) is 5.39. The van der Waals surface area contributed by atoms with Gasteiger partial charge in [-0.05, 0) is 36.1 Å². The highest BCUT2D eigenvalue weighted by molar-refractivity contribution is 5.74. The molecule has 0 saturated heterocycles. The summed E-state index contributed by atoms with van der Waals surface area (Å²) in [6.07, 6.45) is 3.90. The largest absolute Gasteiger partial charge is 0.493 e. The number of aryl methyl sites for hydroxylation is 1. The molecule has 4 heteroatoms. The molecule has 0 bridgehead atoms. The molecule has 2 heterocycles. The van der Waals surface area contributed by atoms with Gasteiger partial charge in [-0.15, -0.1) is 0 Å². The topological polar surface area (TPSA) is 63.9 Å². The summed E-state index contributed by atoms with van der Waals surface area (Å²) in [5, 5.41) is 6.67. The summed E-state index contributed by atoms with van der Waals surface area (Å²) in [7, 11) is 0. The summed E-state index contributed by atoms with van der Waals surface area (Å²) in [5.74, 6) is 1.61. The van der Waals surface area contributed by atoms with Gasteiger partial charge < -0.3 is 10.5 Å². The second-order valence-corrected chi connectivity index (χ2v) is 3.97. The molecule has 4 nitrogen and oxygen atoms in total. The zero-order valence-corrected chi connectivity index (χ0v) is 8.86. The van der Waals surface area contributed by atoms with Crippen LogP contribution in [0.25, 0.3) is 11.1 Å². The van der Waals surface area contributed by atoms with Gasteiger partial charge in [-0.3, -0.25) is 5.10 Å². The van der Waals surface area contributed by atoms with Crippen LogP contribution in [0, 0.1) is 0 Å².